The van der Waals surface area contributed by atoms with Gasteiger partial charge in [0.1, 0.15) is 5.82 Å². The molecule has 2 heterocycles. The van der Waals surface area contributed by atoms with Crippen LogP contribution in [0.5, 0.6) is 0 Å². The van der Waals surface area contributed by atoms with E-state index in [2.05, 4.69) is 21.6 Å². The van der Waals surface area contributed by atoms with Crippen LogP contribution in [0.15, 0.2) is 39.9 Å². The van der Waals surface area contributed by atoms with Crippen molar-refractivity contribution >= 4 is 33.0 Å². The molecule has 1 aromatic heterocycles. The molecule has 1 saturated heterocycles. The molecule has 3 rings (SSSR count). The molecule has 1 N–H and O–H groups in total. The summed E-state index contributed by atoms with van der Waals surface area (Å²) in [5, 5.41) is 3.83. The summed E-state index contributed by atoms with van der Waals surface area (Å²) in [5.41, 5.74) is 1.10. The average molecular weight is 418 g/mol. The van der Waals surface area contributed by atoms with Gasteiger partial charge in [-0.25, -0.2) is 17.5 Å². The molecule has 1 aliphatic rings. The first-order valence-corrected chi connectivity index (χ1v) is 11.1. The third-order valence-corrected chi connectivity index (χ3v) is 6.99. The molecule has 1 fully saturated rings. The number of nitrogens with zero attached hydrogens (tertiary/aromatic N) is 2. The van der Waals surface area contributed by atoms with Crippen LogP contribution >= 0.6 is 22.9 Å². The van der Waals surface area contributed by atoms with E-state index in [-0.39, 0.29) is 22.5 Å². The van der Waals surface area contributed by atoms with Gasteiger partial charge in [-0.15, -0.1) is 0 Å². The largest absolute Gasteiger partial charge is 0.304 e. The number of rotatable bonds is 6. The second kappa shape index (κ2) is 8.33. The van der Waals surface area contributed by atoms with E-state index in [4.69, 9.17) is 11.6 Å². The first kappa shape index (κ1) is 19.7. The van der Waals surface area contributed by atoms with E-state index in [9.17, 15) is 12.8 Å². The fourth-order valence-corrected chi connectivity index (χ4v) is 4.99. The smallest absolute Gasteiger partial charge is 0.240 e. The molecule has 0 saturated carbocycles. The maximum absolute atomic E-state index is 13.3. The van der Waals surface area contributed by atoms with Crippen molar-refractivity contribution in [2.24, 2.45) is 0 Å². The molecular weight excluding hydrogens is 397 g/mol. The molecule has 26 heavy (non-hydrogen) atoms. The fourth-order valence-electron chi connectivity index (χ4n) is 2.97. The summed E-state index contributed by atoms with van der Waals surface area (Å²) < 4.78 is 41.1. The summed E-state index contributed by atoms with van der Waals surface area (Å²) in [4.78, 5) is 4.51. The molecule has 1 aliphatic heterocycles. The Balaban J connectivity index is 1.75. The molecule has 1 unspecified atom stereocenters. The minimum absolute atomic E-state index is 0.0358. The zero-order valence-corrected chi connectivity index (χ0v) is 16.7. The van der Waals surface area contributed by atoms with Crippen LogP contribution in [0.2, 0.25) is 5.02 Å². The van der Waals surface area contributed by atoms with Crippen molar-refractivity contribution < 1.29 is 12.8 Å². The number of halogens is 2. The van der Waals surface area contributed by atoms with Crippen molar-refractivity contribution in [2.45, 2.75) is 10.9 Å². The van der Waals surface area contributed by atoms with Gasteiger partial charge >= 0.3 is 0 Å². The Morgan fingerprint density at radius 2 is 2.00 bits per heavy atom. The molecule has 142 valence electrons. The monoisotopic (exact) mass is 417 g/mol. The molecule has 5 nitrogen and oxygen atoms in total. The third kappa shape index (κ3) is 4.62. The van der Waals surface area contributed by atoms with Gasteiger partial charge in [-0.2, -0.15) is 11.3 Å². The molecule has 1 atom stereocenters. The van der Waals surface area contributed by atoms with Crippen LogP contribution in [0.25, 0.3) is 0 Å². The Hall–Kier alpha value is -1.03. The molecule has 0 radical (unpaired) electrons. The van der Waals surface area contributed by atoms with Gasteiger partial charge in [0.15, 0.2) is 0 Å². The van der Waals surface area contributed by atoms with Crippen LogP contribution in [0.1, 0.15) is 11.6 Å². The highest BCUT2D eigenvalue weighted by atomic mass is 35.5. The highest BCUT2D eigenvalue weighted by Gasteiger charge is 2.26. The predicted molar refractivity (Wildman–Crippen MR) is 103 cm³/mol. The van der Waals surface area contributed by atoms with Crippen LogP contribution in [0.4, 0.5) is 4.39 Å². The van der Waals surface area contributed by atoms with Crippen LogP contribution in [0, 0.1) is 5.82 Å². The minimum atomic E-state index is -3.77. The first-order chi connectivity index (χ1) is 12.4. The van der Waals surface area contributed by atoms with Gasteiger partial charge in [0, 0.05) is 38.8 Å². The molecule has 0 spiro atoms. The van der Waals surface area contributed by atoms with E-state index < -0.39 is 15.8 Å². The van der Waals surface area contributed by atoms with E-state index in [1.54, 1.807) is 11.3 Å². The number of benzene rings is 1. The molecule has 2 aromatic rings. The Labute approximate surface area is 162 Å². The highest BCUT2D eigenvalue weighted by Crippen LogP contribution is 2.25. The van der Waals surface area contributed by atoms with Gasteiger partial charge in [0.25, 0.3) is 0 Å². The first-order valence-electron chi connectivity index (χ1n) is 8.26. The normalized spacial score (nSPS) is 18.1. The summed E-state index contributed by atoms with van der Waals surface area (Å²) in [6.45, 7) is 3.89. The number of likely N-dealkylation sites (N-methyl/N-ethyl adjacent to an activating group) is 1. The number of piperazine rings is 1. The van der Waals surface area contributed by atoms with Gasteiger partial charge in [-0.05, 0) is 47.6 Å². The number of sulfonamides is 1. The van der Waals surface area contributed by atoms with Crippen molar-refractivity contribution in [1.29, 1.82) is 0 Å². The van der Waals surface area contributed by atoms with Crippen LogP contribution in [-0.2, 0) is 10.0 Å². The van der Waals surface area contributed by atoms with Crippen molar-refractivity contribution in [3.63, 3.8) is 0 Å². The molecule has 0 aliphatic carbocycles. The highest BCUT2D eigenvalue weighted by molar-refractivity contribution is 7.89. The number of hydrogen-bond acceptors (Lipinski definition) is 5. The van der Waals surface area contributed by atoms with E-state index in [1.807, 2.05) is 16.8 Å². The second-order valence-electron chi connectivity index (χ2n) is 6.34. The minimum Gasteiger partial charge on any atom is -0.304 e. The van der Waals surface area contributed by atoms with Gasteiger partial charge in [0.05, 0.1) is 9.92 Å². The zero-order valence-electron chi connectivity index (χ0n) is 14.4. The zero-order chi connectivity index (χ0) is 18.7. The lowest BCUT2D eigenvalue weighted by molar-refractivity contribution is 0.113. The predicted octanol–water partition coefficient (Wildman–Crippen LogP) is 2.81. The lowest BCUT2D eigenvalue weighted by Gasteiger charge is -2.37. The van der Waals surface area contributed by atoms with E-state index in [0.29, 0.717) is 0 Å². The Kier molecular flexibility index (Phi) is 6.32. The lowest BCUT2D eigenvalue weighted by Crippen LogP contribution is -2.48. The fraction of sp³-hybridized carbons (Fsp3) is 0.412. The van der Waals surface area contributed by atoms with Crippen molar-refractivity contribution in [3.05, 3.63) is 51.4 Å². The van der Waals surface area contributed by atoms with E-state index in [0.717, 1.165) is 43.9 Å². The number of hydrogen-bond donors (Lipinski definition) is 1. The van der Waals surface area contributed by atoms with Gasteiger partial charge in [0.2, 0.25) is 10.0 Å². The van der Waals surface area contributed by atoms with Crippen LogP contribution in [-0.4, -0.2) is 58.0 Å². The third-order valence-electron chi connectivity index (χ3n) is 4.57. The van der Waals surface area contributed by atoms with Gasteiger partial charge in [-0.1, -0.05) is 11.6 Å². The molecule has 0 bridgehead atoms. The van der Waals surface area contributed by atoms with Crippen molar-refractivity contribution in [1.82, 2.24) is 14.5 Å². The maximum Gasteiger partial charge on any atom is 0.240 e. The van der Waals surface area contributed by atoms with Crippen molar-refractivity contribution in [3.8, 4) is 0 Å². The SMILES string of the molecule is CN1CCN(C(CNS(=O)(=O)c2ccc(F)c(Cl)c2)c2ccsc2)CC1. The number of thiophene rings is 1. The van der Waals surface area contributed by atoms with Gasteiger partial charge in [-0.3, -0.25) is 4.90 Å². The maximum atomic E-state index is 13.3. The Morgan fingerprint density at radius 3 is 2.62 bits per heavy atom. The molecular formula is C17H21ClFN3O2S2. The van der Waals surface area contributed by atoms with E-state index >= 15 is 0 Å². The molecule has 0 amide bonds. The van der Waals surface area contributed by atoms with Crippen LogP contribution < -0.4 is 4.72 Å². The summed E-state index contributed by atoms with van der Waals surface area (Å²) in [5.74, 6) is -0.640. The topological polar surface area (TPSA) is 52.6 Å². The Morgan fingerprint density at radius 1 is 1.27 bits per heavy atom. The summed E-state index contributed by atoms with van der Waals surface area (Å²) in [6, 6.07) is 5.40. The average Bonchev–Trinajstić information content (AvgIpc) is 3.13. The van der Waals surface area contributed by atoms with Gasteiger partial charge < -0.3 is 4.90 Å². The lowest BCUT2D eigenvalue weighted by atomic mass is 10.1. The molecule has 9 heteroatoms. The molecule has 1 aromatic carbocycles. The quantitative estimate of drug-likeness (QED) is 0.785. The standard InChI is InChI=1S/C17H21ClFN3O2S2/c1-21-5-7-22(8-6-21)17(13-4-9-25-12-13)11-20-26(23,24)14-2-3-16(19)15(18)10-14/h2-4,9-10,12,17,20H,5-8,11H2,1H3. The van der Waals surface area contributed by atoms with Crippen molar-refractivity contribution in [2.75, 3.05) is 39.8 Å². The van der Waals surface area contributed by atoms with Crippen LogP contribution in [0.3, 0.4) is 0 Å². The second-order valence-corrected chi connectivity index (χ2v) is 9.29. The summed E-state index contributed by atoms with van der Waals surface area (Å²) >= 11 is 7.31. The number of nitrogens with one attached hydrogen (secondary N) is 1. The summed E-state index contributed by atoms with van der Waals surface area (Å²) in [7, 11) is -1.69. The Bertz CT molecular complexity index is 838. The van der Waals surface area contributed by atoms with E-state index in [1.165, 1.54) is 6.07 Å². The summed E-state index contributed by atoms with van der Waals surface area (Å²) in [6.07, 6.45) is 0.